The third kappa shape index (κ3) is 4.15. The summed E-state index contributed by atoms with van der Waals surface area (Å²) in [6, 6.07) is 7.39. The summed E-state index contributed by atoms with van der Waals surface area (Å²) in [6.45, 7) is 6.26. The van der Waals surface area contributed by atoms with Crippen LogP contribution in [0.25, 0.3) is 21.9 Å². The zero-order valence-electron chi connectivity index (χ0n) is 16.8. The maximum atomic E-state index is 14.0. The van der Waals surface area contributed by atoms with E-state index in [0.29, 0.717) is 22.3 Å². The van der Waals surface area contributed by atoms with Crippen LogP contribution in [0.2, 0.25) is 0 Å². The molecule has 0 unspecified atom stereocenters. The standard InChI is InChI=1S/C21H24FN5O2/c1-11(2)26-18-14(20(28)25-10-16(22)21(3,4)29)9-24-17-13-6-5-12(8-23)7-15(13)27-19(17)18/h5-7,9,11,16,27,29H,10H2,1-4H3,(H,24,26)(H,25,28)/t16-/m1/s1. The highest BCUT2D eigenvalue weighted by atomic mass is 19.1. The van der Waals surface area contributed by atoms with E-state index in [0.717, 1.165) is 10.9 Å². The van der Waals surface area contributed by atoms with Gasteiger partial charge in [0, 0.05) is 23.1 Å². The van der Waals surface area contributed by atoms with E-state index in [1.54, 1.807) is 12.1 Å². The van der Waals surface area contributed by atoms with Gasteiger partial charge in [0.1, 0.15) is 6.17 Å². The second-order valence-corrected chi connectivity index (χ2v) is 7.90. The molecule has 3 rings (SSSR count). The van der Waals surface area contributed by atoms with E-state index < -0.39 is 17.7 Å². The molecule has 0 saturated carbocycles. The summed E-state index contributed by atoms with van der Waals surface area (Å²) in [4.78, 5) is 20.4. The van der Waals surface area contributed by atoms with E-state index in [9.17, 15) is 14.3 Å². The Hall–Kier alpha value is -3.18. The summed E-state index contributed by atoms with van der Waals surface area (Å²) >= 11 is 0. The highest BCUT2D eigenvalue weighted by molar-refractivity contribution is 6.13. The van der Waals surface area contributed by atoms with Crippen molar-refractivity contribution in [1.82, 2.24) is 15.3 Å². The normalized spacial score (nSPS) is 12.9. The molecule has 0 bridgehead atoms. The van der Waals surface area contributed by atoms with Gasteiger partial charge < -0.3 is 20.7 Å². The highest BCUT2D eigenvalue weighted by Crippen LogP contribution is 2.32. The van der Waals surface area contributed by atoms with E-state index in [2.05, 4.69) is 26.7 Å². The maximum absolute atomic E-state index is 14.0. The highest BCUT2D eigenvalue weighted by Gasteiger charge is 2.27. The minimum Gasteiger partial charge on any atom is -0.387 e. The maximum Gasteiger partial charge on any atom is 0.255 e. The predicted molar refractivity (Wildman–Crippen MR) is 111 cm³/mol. The molecule has 0 fully saturated rings. The SMILES string of the molecule is CC(C)Nc1c(C(=O)NC[C@@H](F)C(C)(C)O)cnc2c1[nH]c1cc(C#N)ccc12. The van der Waals surface area contributed by atoms with Gasteiger partial charge in [0.25, 0.3) is 5.91 Å². The molecule has 4 N–H and O–H groups in total. The number of hydrogen-bond donors (Lipinski definition) is 4. The fourth-order valence-electron chi connectivity index (χ4n) is 3.03. The number of aromatic amines is 1. The number of nitrogens with zero attached hydrogens (tertiary/aromatic N) is 2. The molecule has 1 aromatic carbocycles. The van der Waals surface area contributed by atoms with Crippen LogP contribution in [0, 0.1) is 11.3 Å². The molecule has 3 aromatic rings. The van der Waals surface area contributed by atoms with Crippen molar-refractivity contribution in [3.05, 3.63) is 35.5 Å². The fourth-order valence-corrected chi connectivity index (χ4v) is 3.03. The monoisotopic (exact) mass is 397 g/mol. The van der Waals surface area contributed by atoms with Crippen molar-refractivity contribution < 1.29 is 14.3 Å². The fraction of sp³-hybridized carbons (Fsp3) is 0.381. The Morgan fingerprint density at radius 3 is 2.76 bits per heavy atom. The van der Waals surface area contributed by atoms with Crippen LogP contribution in [0.3, 0.4) is 0 Å². The van der Waals surface area contributed by atoms with Gasteiger partial charge in [0.2, 0.25) is 0 Å². The minimum atomic E-state index is -1.61. The van der Waals surface area contributed by atoms with Crippen molar-refractivity contribution in [2.75, 3.05) is 11.9 Å². The van der Waals surface area contributed by atoms with E-state index in [1.807, 2.05) is 19.9 Å². The van der Waals surface area contributed by atoms with Gasteiger partial charge >= 0.3 is 0 Å². The van der Waals surface area contributed by atoms with Crippen molar-refractivity contribution in [1.29, 1.82) is 5.26 Å². The summed E-state index contributed by atoms with van der Waals surface area (Å²) < 4.78 is 14.0. The van der Waals surface area contributed by atoms with Crippen LogP contribution in [0.15, 0.2) is 24.4 Å². The third-order valence-corrected chi connectivity index (χ3v) is 4.63. The number of aromatic nitrogens is 2. The second-order valence-electron chi connectivity index (χ2n) is 7.90. The molecule has 2 aromatic heterocycles. The largest absolute Gasteiger partial charge is 0.387 e. The number of halogens is 1. The summed E-state index contributed by atoms with van der Waals surface area (Å²) in [7, 11) is 0. The number of hydrogen-bond acceptors (Lipinski definition) is 5. The zero-order valence-corrected chi connectivity index (χ0v) is 16.8. The first-order chi connectivity index (χ1) is 13.6. The summed E-state index contributed by atoms with van der Waals surface area (Å²) in [5.41, 5.74) is 1.82. The number of alkyl halides is 1. The molecule has 0 spiro atoms. The van der Waals surface area contributed by atoms with Crippen LogP contribution >= 0.6 is 0 Å². The number of nitrogens with one attached hydrogen (secondary N) is 3. The molecule has 0 radical (unpaired) electrons. The van der Waals surface area contributed by atoms with Gasteiger partial charge in [-0.15, -0.1) is 0 Å². The van der Waals surface area contributed by atoms with Gasteiger partial charge in [-0.3, -0.25) is 9.78 Å². The number of rotatable bonds is 6. The van der Waals surface area contributed by atoms with Crippen molar-refractivity contribution in [2.45, 2.75) is 45.5 Å². The van der Waals surface area contributed by atoms with Gasteiger partial charge in [0.05, 0.1) is 46.1 Å². The van der Waals surface area contributed by atoms with E-state index in [1.165, 1.54) is 20.0 Å². The number of pyridine rings is 1. The van der Waals surface area contributed by atoms with Crippen LogP contribution in [0.4, 0.5) is 10.1 Å². The van der Waals surface area contributed by atoms with Gasteiger partial charge in [0.15, 0.2) is 0 Å². The Morgan fingerprint density at radius 2 is 2.14 bits per heavy atom. The Labute approximate surface area is 167 Å². The minimum absolute atomic E-state index is 0.0264. The number of amides is 1. The lowest BCUT2D eigenvalue weighted by Gasteiger charge is -2.23. The molecule has 0 aliphatic carbocycles. The van der Waals surface area contributed by atoms with E-state index in [-0.39, 0.29) is 18.2 Å². The number of H-pyrrole nitrogens is 1. The lowest BCUT2D eigenvalue weighted by Crippen LogP contribution is -2.42. The van der Waals surface area contributed by atoms with Crippen LogP contribution in [0.5, 0.6) is 0 Å². The molecule has 0 aliphatic heterocycles. The smallest absolute Gasteiger partial charge is 0.255 e. The summed E-state index contributed by atoms with van der Waals surface area (Å²) in [5, 5.41) is 25.5. The van der Waals surface area contributed by atoms with Gasteiger partial charge in [-0.1, -0.05) is 0 Å². The molecule has 0 aliphatic rings. The number of carbonyl (C=O) groups excluding carboxylic acids is 1. The van der Waals surface area contributed by atoms with Gasteiger partial charge in [-0.2, -0.15) is 5.26 Å². The molecular weight excluding hydrogens is 373 g/mol. The molecule has 8 heteroatoms. The van der Waals surface area contributed by atoms with E-state index >= 15 is 0 Å². The topological polar surface area (TPSA) is 114 Å². The lowest BCUT2D eigenvalue weighted by molar-refractivity contribution is -0.00177. The molecule has 1 amide bonds. The zero-order chi connectivity index (χ0) is 21.3. The molecule has 1 atom stereocenters. The molecule has 152 valence electrons. The third-order valence-electron chi connectivity index (χ3n) is 4.63. The molecule has 0 saturated heterocycles. The Morgan fingerprint density at radius 1 is 1.41 bits per heavy atom. The number of anilines is 1. The Kier molecular flexibility index (Phi) is 5.44. The van der Waals surface area contributed by atoms with Gasteiger partial charge in [-0.05, 0) is 45.9 Å². The first-order valence-electron chi connectivity index (χ1n) is 9.37. The van der Waals surface area contributed by atoms with Crippen molar-refractivity contribution >= 4 is 33.5 Å². The molecule has 2 heterocycles. The number of benzene rings is 1. The number of fused-ring (bicyclic) bond motifs is 3. The first-order valence-corrected chi connectivity index (χ1v) is 9.37. The number of aliphatic hydroxyl groups is 1. The summed E-state index contributed by atoms with van der Waals surface area (Å²) in [5.74, 6) is -0.495. The first kappa shape index (κ1) is 20.6. The molecular formula is C21H24FN5O2. The Balaban J connectivity index is 2.06. The molecule has 29 heavy (non-hydrogen) atoms. The average Bonchev–Trinajstić information content (AvgIpc) is 3.03. The predicted octanol–water partition coefficient (Wildman–Crippen LogP) is 3.25. The van der Waals surface area contributed by atoms with Crippen LogP contribution in [-0.2, 0) is 0 Å². The number of carbonyl (C=O) groups is 1. The average molecular weight is 397 g/mol. The number of nitriles is 1. The quantitative estimate of drug-likeness (QED) is 0.510. The molecule has 7 nitrogen and oxygen atoms in total. The van der Waals surface area contributed by atoms with E-state index in [4.69, 9.17) is 5.26 Å². The van der Waals surface area contributed by atoms with Crippen LogP contribution in [0.1, 0.15) is 43.6 Å². The van der Waals surface area contributed by atoms with Crippen LogP contribution < -0.4 is 10.6 Å². The van der Waals surface area contributed by atoms with Crippen molar-refractivity contribution in [3.8, 4) is 6.07 Å². The second kappa shape index (κ2) is 7.68. The van der Waals surface area contributed by atoms with Crippen LogP contribution in [-0.4, -0.2) is 45.3 Å². The lowest BCUT2D eigenvalue weighted by atomic mass is 10.0. The summed E-state index contributed by atoms with van der Waals surface area (Å²) in [6.07, 6.45) is -0.160. The Bertz CT molecular complexity index is 1110. The van der Waals surface area contributed by atoms with Crippen molar-refractivity contribution in [2.24, 2.45) is 0 Å². The van der Waals surface area contributed by atoms with Gasteiger partial charge in [-0.25, -0.2) is 4.39 Å². The van der Waals surface area contributed by atoms with Crippen molar-refractivity contribution in [3.63, 3.8) is 0 Å².